The lowest BCUT2D eigenvalue weighted by atomic mass is 10.2. The van der Waals surface area contributed by atoms with Gasteiger partial charge in [0.05, 0.1) is 12.1 Å². The Morgan fingerprint density at radius 1 is 1.50 bits per heavy atom. The van der Waals surface area contributed by atoms with Crippen molar-refractivity contribution in [3.8, 4) is 0 Å². The van der Waals surface area contributed by atoms with E-state index in [1.165, 1.54) is 0 Å². The number of hydrogen-bond donors (Lipinski definition) is 1. The van der Waals surface area contributed by atoms with Gasteiger partial charge < -0.3 is 5.73 Å². The first-order valence-corrected chi connectivity index (χ1v) is 4.20. The third-order valence-electron chi connectivity index (χ3n) is 1.93. The zero-order valence-electron chi connectivity index (χ0n) is 7.73. The Morgan fingerprint density at radius 2 is 2.17 bits per heavy atom. The lowest BCUT2D eigenvalue weighted by Gasteiger charge is -2.11. The van der Waals surface area contributed by atoms with Crippen LogP contribution in [0.4, 0.5) is 0 Å². The first kappa shape index (κ1) is 9.12. The summed E-state index contributed by atoms with van der Waals surface area (Å²) in [5.41, 5.74) is 5.69. The van der Waals surface area contributed by atoms with Crippen LogP contribution < -0.4 is 5.73 Å². The third-order valence-corrected chi connectivity index (χ3v) is 1.93. The molecule has 0 aromatic carbocycles. The number of nitrogens with zero attached hydrogens (tertiary/aromatic N) is 4. The van der Waals surface area contributed by atoms with Crippen LogP contribution >= 0.6 is 0 Å². The lowest BCUT2D eigenvalue weighted by Crippen LogP contribution is -2.17. The predicted octanol–water partition coefficient (Wildman–Crippen LogP) is 0.664. The van der Waals surface area contributed by atoms with Crippen molar-refractivity contribution in [1.29, 1.82) is 0 Å². The second-order valence-corrected chi connectivity index (χ2v) is 3.03. The van der Waals surface area contributed by atoms with E-state index >= 15 is 0 Å². The molecule has 68 valence electrons. The first-order chi connectivity index (χ1) is 5.66. The van der Waals surface area contributed by atoms with Crippen molar-refractivity contribution in [3.05, 3.63) is 5.82 Å². The fourth-order valence-electron chi connectivity index (χ4n) is 0.987. The van der Waals surface area contributed by atoms with Crippen LogP contribution in [0.25, 0.3) is 0 Å². The van der Waals surface area contributed by atoms with Gasteiger partial charge in [0, 0.05) is 0 Å². The van der Waals surface area contributed by atoms with E-state index in [1.54, 1.807) is 4.68 Å². The molecule has 0 bridgehead atoms. The van der Waals surface area contributed by atoms with Crippen LogP contribution in [0, 0.1) is 0 Å². The molecule has 1 heterocycles. The second-order valence-electron chi connectivity index (χ2n) is 3.03. The minimum absolute atomic E-state index is 0.103. The number of aromatic nitrogens is 4. The molecule has 0 aliphatic carbocycles. The standard InChI is InChI=1S/C7H15N5/c1-4-5(2)12-7(6(3)8)9-10-11-12/h5-6H,4,8H2,1-3H3. The molecule has 1 rings (SSSR count). The van der Waals surface area contributed by atoms with E-state index in [4.69, 9.17) is 5.73 Å². The van der Waals surface area contributed by atoms with E-state index < -0.39 is 0 Å². The minimum atomic E-state index is -0.103. The van der Waals surface area contributed by atoms with Crippen LogP contribution in [0.3, 0.4) is 0 Å². The van der Waals surface area contributed by atoms with Gasteiger partial charge in [-0.05, 0) is 30.7 Å². The average Bonchev–Trinajstić information content (AvgIpc) is 2.50. The Balaban J connectivity index is 2.91. The molecular formula is C7H15N5. The molecule has 5 nitrogen and oxygen atoms in total. The highest BCUT2D eigenvalue weighted by molar-refractivity contribution is 4.89. The summed E-state index contributed by atoms with van der Waals surface area (Å²) in [4.78, 5) is 0. The van der Waals surface area contributed by atoms with Crippen molar-refractivity contribution in [1.82, 2.24) is 20.2 Å². The quantitative estimate of drug-likeness (QED) is 0.721. The maximum Gasteiger partial charge on any atom is 0.167 e. The molecule has 0 saturated heterocycles. The molecule has 0 radical (unpaired) electrons. The van der Waals surface area contributed by atoms with E-state index in [-0.39, 0.29) is 6.04 Å². The molecular weight excluding hydrogens is 154 g/mol. The maximum absolute atomic E-state index is 5.69. The van der Waals surface area contributed by atoms with Gasteiger partial charge in [-0.15, -0.1) is 5.10 Å². The normalized spacial score (nSPS) is 16.0. The van der Waals surface area contributed by atoms with Crippen molar-refractivity contribution in [2.75, 3.05) is 0 Å². The van der Waals surface area contributed by atoms with Gasteiger partial charge in [0.15, 0.2) is 5.82 Å². The van der Waals surface area contributed by atoms with Crippen LogP contribution in [0.5, 0.6) is 0 Å². The number of tetrazole rings is 1. The summed E-state index contributed by atoms with van der Waals surface area (Å²) in [5.74, 6) is 0.754. The predicted molar refractivity (Wildman–Crippen MR) is 45.4 cm³/mol. The van der Waals surface area contributed by atoms with E-state index in [1.807, 2.05) is 6.92 Å². The SMILES string of the molecule is CCC(C)n1nnnc1C(C)N. The fraction of sp³-hybridized carbons (Fsp3) is 0.857. The Labute approximate surface area is 71.9 Å². The van der Waals surface area contributed by atoms with E-state index in [0.717, 1.165) is 12.2 Å². The molecule has 1 aromatic rings. The van der Waals surface area contributed by atoms with E-state index in [9.17, 15) is 0 Å². The molecule has 0 amide bonds. The molecule has 2 N–H and O–H groups in total. The van der Waals surface area contributed by atoms with Gasteiger partial charge in [-0.2, -0.15) is 0 Å². The molecule has 12 heavy (non-hydrogen) atoms. The average molecular weight is 169 g/mol. The van der Waals surface area contributed by atoms with E-state index in [0.29, 0.717) is 6.04 Å². The first-order valence-electron chi connectivity index (χ1n) is 4.20. The highest BCUT2D eigenvalue weighted by Crippen LogP contribution is 2.12. The molecule has 0 spiro atoms. The number of hydrogen-bond acceptors (Lipinski definition) is 4. The fourth-order valence-corrected chi connectivity index (χ4v) is 0.987. The molecule has 0 aliphatic heterocycles. The van der Waals surface area contributed by atoms with Gasteiger partial charge in [-0.1, -0.05) is 6.92 Å². The van der Waals surface area contributed by atoms with Crippen molar-refractivity contribution in [3.63, 3.8) is 0 Å². The molecule has 5 heteroatoms. The Kier molecular flexibility index (Phi) is 2.75. The Morgan fingerprint density at radius 3 is 2.67 bits per heavy atom. The maximum atomic E-state index is 5.69. The molecule has 2 atom stereocenters. The summed E-state index contributed by atoms with van der Waals surface area (Å²) in [5, 5.41) is 11.3. The minimum Gasteiger partial charge on any atom is -0.322 e. The van der Waals surface area contributed by atoms with Crippen molar-refractivity contribution < 1.29 is 0 Å². The van der Waals surface area contributed by atoms with Gasteiger partial charge in [0.2, 0.25) is 0 Å². The topological polar surface area (TPSA) is 69.6 Å². The Bertz CT molecular complexity index is 242. The number of rotatable bonds is 3. The van der Waals surface area contributed by atoms with Gasteiger partial charge in [-0.3, -0.25) is 0 Å². The van der Waals surface area contributed by atoms with Crippen LogP contribution in [0.15, 0.2) is 0 Å². The summed E-state index contributed by atoms with van der Waals surface area (Å²) in [6.45, 7) is 6.05. The number of nitrogens with two attached hydrogens (primary N) is 1. The van der Waals surface area contributed by atoms with Gasteiger partial charge >= 0.3 is 0 Å². The summed E-state index contributed by atoms with van der Waals surface area (Å²) < 4.78 is 1.78. The molecule has 2 unspecified atom stereocenters. The smallest absolute Gasteiger partial charge is 0.167 e. The van der Waals surface area contributed by atoms with Gasteiger partial charge in [0.1, 0.15) is 0 Å². The van der Waals surface area contributed by atoms with Crippen LogP contribution in [-0.4, -0.2) is 20.2 Å². The van der Waals surface area contributed by atoms with Crippen LogP contribution in [0.1, 0.15) is 45.1 Å². The Hall–Kier alpha value is -0.970. The molecule has 1 aromatic heterocycles. The van der Waals surface area contributed by atoms with Gasteiger partial charge in [-0.25, -0.2) is 4.68 Å². The summed E-state index contributed by atoms with van der Waals surface area (Å²) in [7, 11) is 0. The molecule has 0 fully saturated rings. The zero-order valence-corrected chi connectivity index (χ0v) is 7.73. The van der Waals surface area contributed by atoms with Crippen molar-refractivity contribution in [2.24, 2.45) is 5.73 Å². The molecule has 0 saturated carbocycles. The van der Waals surface area contributed by atoms with Crippen molar-refractivity contribution >= 4 is 0 Å². The largest absolute Gasteiger partial charge is 0.322 e. The summed E-state index contributed by atoms with van der Waals surface area (Å²) in [6.07, 6.45) is 1.00. The van der Waals surface area contributed by atoms with Crippen LogP contribution in [0.2, 0.25) is 0 Å². The highest BCUT2D eigenvalue weighted by Gasteiger charge is 2.13. The summed E-state index contributed by atoms with van der Waals surface area (Å²) >= 11 is 0. The summed E-state index contributed by atoms with van der Waals surface area (Å²) in [6, 6.07) is 0.218. The zero-order chi connectivity index (χ0) is 9.14. The highest BCUT2D eigenvalue weighted by atomic mass is 15.6. The van der Waals surface area contributed by atoms with Gasteiger partial charge in [0.25, 0.3) is 0 Å². The van der Waals surface area contributed by atoms with E-state index in [2.05, 4.69) is 29.4 Å². The molecule has 0 aliphatic rings. The third kappa shape index (κ3) is 1.61. The lowest BCUT2D eigenvalue weighted by molar-refractivity contribution is 0.438. The van der Waals surface area contributed by atoms with Crippen LogP contribution in [-0.2, 0) is 0 Å². The monoisotopic (exact) mass is 169 g/mol. The van der Waals surface area contributed by atoms with Crippen molar-refractivity contribution in [2.45, 2.75) is 39.3 Å². The second kappa shape index (κ2) is 3.62.